The molecule has 2 aromatic heterocycles. The molecule has 3 heterocycles. The molecule has 1 amide bonds. The van der Waals surface area contributed by atoms with Crippen LogP contribution in [0.2, 0.25) is 5.02 Å². The quantitative estimate of drug-likeness (QED) is 0.372. The Kier molecular flexibility index (Phi) is 5.50. The van der Waals surface area contributed by atoms with E-state index in [4.69, 9.17) is 11.6 Å². The van der Waals surface area contributed by atoms with Gasteiger partial charge in [0.05, 0.1) is 28.5 Å². The standard InChI is InChI=1S/C21H19ClFN7O3S/c1-29-20(21(31)26-12-3-5-18(23)17(22)6-12)16-4-2-13(7-19(16)27-29)28-34(32,33)15-10-25-30(11-15)14-8-24-9-14/h2-7,10-11,14,24,28H,8-9H2,1H3,(H,26,31). The van der Waals surface area contributed by atoms with Gasteiger partial charge >= 0.3 is 0 Å². The van der Waals surface area contributed by atoms with Gasteiger partial charge in [0.15, 0.2) is 0 Å². The van der Waals surface area contributed by atoms with Gasteiger partial charge in [0, 0.05) is 37.4 Å². The Bertz CT molecular complexity index is 1530. The lowest BCUT2D eigenvalue weighted by Gasteiger charge is -2.27. The molecular formula is C21H19ClFN7O3S. The van der Waals surface area contributed by atoms with Crippen molar-refractivity contribution in [3.8, 4) is 0 Å². The van der Waals surface area contributed by atoms with Crippen molar-refractivity contribution in [3.05, 3.63) is 65.3 Å². The number of carbonyl (C=O) groups is 1. The Morgan fingerprint density at radius 1 is 1.21 bits per heavy atom. The van der Waals surface area contributed by atoms with Crippen LogP contribution in [0.25, 0.3) is 10.9 Å². The molecule has 0 spiro atoms. The summed E-state index contributed by atoms with van der Waals surface area (Å²) in [7, 11) is -2.26. The minimum Gasteiger partial charge on any atom is -0.321 e. The SMILES string of the molecule is Cn1nc2cc(NS(=O)(=O)c3cnn(C4CNC4)c3)ccc2c1C(=O)Nc1ccc(F)c(Cl)c1. The molecule has 10 nitrogen and oxygen atoms in total. The van der Waals surface area contributed by atoms with E-state index in [0.29, 0.717) is 22.3 Å². The number of aromatic nitrogens is 4. The Balaban J connectivity index is 1.38. The minimum atomic E-state index is -3.86. The van der Waals surface area contributed by atoms with Crippen LogP contribution in [0.5, 0.6) is 0 Å². The lowest BCUT2D eigenvalue weighted by Crippen LogP contribution is -2.43. The first-order chi connectivity index (χ1) is 16.2. The number of sulfonamides is 1. The van der Waals surface area contributed by atoms with Gasteiger partial charge in [-0.25, -0.2) is 12.8 Å². The maximum absolute atomic E-state index is 13.4. The van der Waals surface area contributed by atoms with Gasteiger partial charge in [0.1, 0.15) is 16.4 Å². The highest BCUT2D eigenvalue weighted by atomic mass is 35.5. The second-order valence-corrected chi connectivity index (χ2v) is 9.95. The van der Waals surface area contributed by atoms with Crippen molar-refractivity contribution in [2.45, 2.75) is 10.9 Å². The summed E-state index contributed by atoms with van der Waals surface area (Å²) in [6.45, 7) is 1.49. The van der Waals surface area contributed by atoms with E-state index >= 15 is 0 Å². The third-order valence-electron chi connectivity index (χ3n) is 5.50. The number of aryl methyl sites for hydroxylation is 1. The first kappa shape index (κ1) is 22.3. The van der Waals surface area contributed by atoms with Crippen LogP contribution < -0.4 is 15.4 Å². The Morgan fingerprint density at radius 2 is 1.97 bits per heavy atom. The third-order valence-corrected chi connectivity index (χ3v) is 7.13. The zero-order chi connectivity index (χ0) is 24.0. The number of halogens is 2. The highest BCUT2D eigenvalue weighted by Crippen LogP contribution is 2.26. The number of carbonyl (C=O) groups excluding carboxylic acids is 1. The molecule has 0 bridgehead atoms. The third kappa shape index (κ3) is 4.11. The summed E-state index contributed by atoms with van der Waals surface area (Å²) in [5, 5.41) is 14.7. The van der Waals surface area contributed by atoms with E-state index in [-0.39, 0.29) is 21.7 Å². The average Bonchev–Trinajstić information content (AvgIpc) is 3.33. The maximum atomic E-state index is 13.4. The fourth-order valence-corrected chi connectivity index (χ4v) is 4.80. The van der Waals surface area contributed by atoms with Crippen molar-refractivity contribution in [1.29, 1.82) is 0 Å². The van der Waals surface area contributed by atoms with E-state index in [1.165, 1.54) is 29.2 Å². The van der Waals surface area contributed by atoms with Gasteiger partial charge < -0.3 is 10.6 Å². The smallest absolute Gasteiger partial charge is 0.274 e. The van der Waals surface area contributed by atoms with Crippen molar-refractivity contribution in [3.63, 3.8) is 0 Å². The van der Waals surface area contributed by atoms with Crippen LogP contribution in [-0.2, 0) is 17.1 Å². The van der Waals surface area contributed by atoms with Crippen molar-refractivity contribution >= 4 is 49.8 Å². The van der Waals surface area contributed by atoms with Crippen molar-refractivity contribution in [1.82, 2.24) is 24.9 Å². The van der Waals surface area contributed by atoms with Crippen LogP contribution in [0.3, 0.4) is 0 Å². The number of fused-ring (bicyclic) bond motifs is 1. The van der Waals surface area contributed by atoms with E-state index in [0.717, 1.165) is 19.2 Å². The maximum Gasteiger partial charge on any atom is 0.274 e. The molecule has 13 heteroatoms. The van der Waals surface area contributed by atoms with Crippen LogP contribution in [0.1, 0.15) is 16.5 Å². The molecular weight excluding hydrogens is 485 g/mol. The second-order valence-electron chi connectivity index (χ2n) is 7.86. The first-order valence-corrected chi connectivity index (χ1v) is 12.1. The van der Waals surface area contributed by atoms with Gasteiger partial charge in [-0.1, -0.05) is 11.6 Å². The summed E-state index contributed by atoms with van der Waals surface area (Å²) < 4.78 is 44.5. The van der Waals surface area contributed by atoms with Crippen LogP contribution in [0.15, 0.2) is 53.7 Å². The van der Waals surface area contributed by atoms with Crippen molar-refractivity contribution in [2.24, 2.45) is 7.05 Å². The molecule has 1 fully saturated rings. The number of amides is 1. The number of anilines is 2. The van der Waals surface area contributed by atoms with Crippen molar-refractivity contribution < 1.29 is 17.6 Å². The number of rotatable bonds is 6. The summed E-state index contributed by atoms with van der Waals surface area (Å²) in [4.78, 5) is 12.9. The van der Waals surface area contributed by atoms with Gasteiger partial charge in [0.2, 0.25) is 0 Å². The van der Waals surface area contributed by atoms with Crippen molar-refractivity contribution in [2.75, 3.05) is 23.1 Å². The minimum absolute atomic E-state index is 0.0542. The molecule has 0 atom stereocenters. The normalized spacial score (nSPS) is 14.2. The summed E-state index contributed by atoms with van der Waals surface area (Å²) in [6.07, 6.45) is 2.81. The lowest BCUT2D eigenvalue weighted by atomic mass is 10.2. The topological polar surface area (TPSA) is 123 Å². The highest BCUT2D eigenvalue weighted by Gasteiger charge is 2.24. The van der Waals surface area contributed by atoms with E-state index in [1.54, 1.807) is 29.9 Å². The molecule has 1 saturated heterocycles. The molecule has 34 heavy (non-hydrogen) atoms. The molecule has 0 unspecified atom stereocenters. The molecule has 2 aromatic carbocycles. The predicted octanol–water partition coefficient (Wildman–Crippen LogP) is 2.76. The zero-order valence-corrected chi connectivity index (χ0v) is 19.4. The van der Waals surface area contributed by atoms with Gasteiger partial charge in [-0.3, -0.25) is 18.9 Å². The van der Waals surface area contributed by atoms with E-state index in [9.17, 15) is 17.6 Å². The largest absolute Gasteiger partial charge is 0.321 e. The highest BCUT2D eigenvalue weighted by molar-refractivity contribution is 7.92. The average molecular weight is 504 g/mol. The van der Waals surface area contributed by atoms with Crippen LogP contribution in [0.4, 0.5) is 15.8 Å². The molecule has 0 aliphatic carbocycles. The summed E-state index contributed by atoms with van der Waals surface area (Å²) >= 11 is 5.78. The monoisotopic (exact) mass is 503 g/mol. The van der Waals surface area contributed by atoms with Gasteiger partial charge in [0.25, 0.3) is 15.9 Å². The molecule has 0 saturated carbocycles. The summed E-state index contributed by atoms with van der Waals surface area (Å²) in [5.41, 5.74) is 1.29. The summed E-state index contributed by atoms with van der Waals surface area (Å²) in [5.74, 6) is -1.06. The van der Waals surface area contributed by atoms with E-state index in [2.05, 4.69) is 25.6 Å². The molecule has 5 rings (SSSR count). The van der Waals surface area contributed by atoms with Crippen LogP contribution in [0, 0.1) is 5.82 Å². The molecule has 4 aromatic rings. The number of nitrogens with one attached hydrogen (secondary N) is 3. The fraction of sp³-hybridized carbons (Fsp3) is 0.190. The van der Waals surface area contributed by atoms with Crippen LogP contribution in [-0.4, -0.2) is 47.0 Å². The fourth-order valence-electron chi connectivity index (χ4n) is 3.63. The van der Waals surface area contributed by atoms with Gasteiger partial charge in [-0.15, -0.1) is 0 Å². The number of nitrogens with zero attached hydrogens (tertiary/aromatic N) is 4. The Labute approximate surface area is 198 Å². The van der Waals surface area contributed by atoms with E-state index in [1.807, 2.05) is 0 Å². The first-order valence-electron chi connectivity index (χ1n) is 10.2. The lowest BCUT2D eigenvalue weighted by molar-refractivity contribution is 0.101. The Morgan fingerprint density at radius 3 is 2.68 bits per heavy atom. The molecule has 0 radical (unpaired) electrons. The molecule has 1 aliphatic rings. The molecule has 1 aliphatic heterocycles. The number of benzene rings is 2. The van der Waals surface area contributed by atoms with Crippen LogP contribution >= 0.6 is 11.6 Å². The Hall–Kier alpha value is -3.48. The zero-order valence-electron chi connectivity index (χ0n) is 17.8. The second kappa shape index (κ2) is 8.38. The van der Waals surface area contributed by atoms with E-state index < -0.39 is 21.7 Å². The van der Waals surface area contributed by atoms with Gasteiger partial charge in [-0.2, -0.15) is 10.2 Å². The molecule has 3 N–H and O–H groups in total. The molecule has 176 valence electrons. The summed E-state index contributed by atoms with van der Waals surface area (Å²) in [6, 6.07) is 8.70. The number of hydrogen-bond donors (Lipinski definition) is 3. The van der Waals surface area contributed by atoms with Gasteiger partial charge in [-0.05, 0) is 36.4 Å². The number of hydrogen-bond acceptors (Lipinski definition) is 6. The predicted molar refractivity (Wildman–Crippen MR) is 125 cm³/mol.